The quantitative estimate of drug-likeness (QED) is 0.764. The number of alkyl halides is 1. The third kappa shape index (κ3) is 2.61. The molecule has 1 saturated heterocycles. The van der Waals surface area contributed by atoms with Gasteiger partial charge in [-0.05, 0) is 18.8 Å². The lowest BCUT2D eigenvalue weighted by molar-refractivity contribution is 0.572. The predicted molar refractivity (Wildman–Crippen MR) is 64.9 cm³/mol. The van der Waals surface area contributed by atoms with Crippen LogP contribution in [-0.4, -0.2) is 28.3 Å². The number of aromatic nitrogens is 2. The highest BCUT2D eigenvalue weighted by atomic mass is 35.5. The largest absolute Gasteiger partial charge is 0.347 e. The molecule has 84 valence electrons. The smallest absolute Gasteiger partial charge is 0.205 e. The van der Waals surface area contributed by atoms with Gasteiger partial charge in [0, 0.05) is 36.9 Å². The highest BCUT2D eigenvalue weighted by Gasteiger charge is 2.24. The molecule has 1 atom stereocenters. The average molecular weight is 246 g/mol. The van der Waals surface area contributed by atoms with Gasteiger partial charge in [-0.25, -0.2) is 4.98 Å². The Morgan fingerprint density at radius 2 is 2.47 bits per heavy atom. The van der Waals surface area contributed by atoms with Gasteiger partial charge in [-0.1, -0.05) is 6.92 Å². The molecule has 2 heterocycles. The Morgan fingerprint density at radius 1 is 1.60 bits per heavy atom. The van der Waals surface area contributed by atoms with E-state index in [1.807, 2.05) is 0 Å². The van der Waals surface area contributed by atoms with Crippen molar-refractivity contribution < 1.29 is 0 Å². The van der Waals surface area contributed by atoms with Crippen LogP contribution in [0.15, 0.2) is 0 Å². The second kappa shape index (κ2) is 5.12. The van der Waals surface area contributed by atoms with Crippen molar-refractivity contribution in [3.8, 4) is 0 Å². The Morgan fingerprint density at radius 3 is 3.13 bits per heavy atom. The Hall–Kier alpha value is -0.350. The van der Waals surface area contributed by atoms with Crippen LogP contribution >= 0.6 is 23.1 Å². The van der Waals surface area contributed by atoms with Gasteiger partial charge < -0.3 is 4.90 Å². The zero-order valence-corrected chi connectivity index (χ0v) is 10.5. The molecule has 0 bridgehead atoms. The Balaban J connectivity index is 1.95. The fraction of sp³-hybridized carbons (Fsp3) is 0.800. The monoisotopic (exact) mass is 245 g/mol. The van der Waals surface area contributed by atoms with Gasteiger partial charge >= 0.3 is 0 Å². The fourth-order valence-electron chi connectivity index (χ4n) is 1.91. The molecule has 0 aromatic carbocycles. The van der Waals surface area contributed by atoms with Gasteiger partial charge in [-0.3, -0.25) is 0 Å². The van der Waals surface area contributed by atoms with Crippen LogP contribution < -0.4 is 4.90 Å². The lowest BCUT2D eigenvalue weighted by Gasteiger charge is -2.13. The summed E-state index contributed by atoms with van der Waals surface area (Å²) in [4.78, 5) is 6.85. The number of halogens is 1. The van der Waals surface area contributed by atoms with Gasteiger partial charge in [-0.2, -0.15) is 4.37 Å². The van der Waals surface area contributed by atoms with Crippen LogP contribution in [0.25, 0.3) is 0 Å². The zero-order chi connectivity index (χ0) is 10.7. The first-order valence-electron chi connectivity index (χ1n) is 5.47. The molecule has 2 rings (SSSR count). The van der Waals surface area contributed by atoms with Crippen molar-refractivity contribution in [3.63, 3.8) is 0 Å². The Labute approximate surface area is 99.6 Å². The summed E-state index contributed by atoms with van der Waals surface area (Å²) in [5.41, 5.74) is 0. The molecule has 0 saturated carbocycles. The molecule has 15 heavy (non-hydrogen) atoms. The Bertz CT molecular complexity index is 315. The maximum atomic E-state index is 5.76. The first-order chi connectivity index (χ1) is 7.33. The number of aryl methyl sites for hydroxylation is 1. The predicted octanol–water partition coefficient (Wildman–Crippen LogP) is 2.56. The summed E-state index contributed by atoms with van der Waals surface area (Å²) in [7, 11) is 0. The topological polar surface area (TPSA) is 29.0 Å². The van der Waals surface area contributed by atoms with Crippen molar-refractivity contribution in [1.82, 2.24) is 9.36 Å². The van der Waals surface area contributed by atoms with E-state index in [-0.39, 0.29) is 0 Å². The number of anilines is 1. The molecule has 1 fully saturated rings. The van der Waals surface area contributed by atoms with Gasteiger partial charge in [0.1, 0.15) is 5.82 Å². The minimum atomic E-state index is 0.747. The Kier molecular flexibility index (Phi) is 3.81. The molecule has 0 amide bonds. The molecule has 1 aromatic rings. The number of hydrogen-bond acceptors (Lipinski definition) is 4. The summed E-state index contributed by atoms with van der Waals surface area (Å²) < 4.78 is 4.31. The van der Waals surface area contributed by atoms with Crippen molar-refractivity contribution >= 4 is 28.3 Å². The molecule has 5 heteroatoms. The van der Waals surface area contributed by atoms with E-state index in [1.54, 1.807) is 0 Å². The molecule has 1 aliphatic rings. The number of rotatable bonds is 4. The summed E-state index contributed by atoms with van der Waals surface area (Å²) in [5, 5.41) is 1.09. The number of hydrogen-bond donors (Lipinski definition) is 0. The summed E-state index contributed by atoms with van der Waals surface area (Å²) in [6, 6.07) is 0. The summed E-state index contributed by atoms with van der Waals surface area (Å²) in [6.45, 7) is 4.30. The van der Waals surface area contributed by atoms with E-state index in [9.17, 15) is 0 Å². The number of nitrogens with zero attached hydrogens (tertiary/aromatic N) is 3. The van der Waals surface area contributed by atoms with Crippen molar-refractivity contribution in [2.75, 3.05) is 23.9 Å². The SMILES string of the molecule is CCc1nsc(N2CCC(CCCl)C2)n1. The summed E-state index contributed by atoms with van der Waals surface area (Å²) >= 11 is 7.28. The normalized spacial score (nSPS) is 21.2. The van der Waals surface area contributed by atoms with Crippen LogP contribution in [0.2, 0.25) is 0 Å². The van der Waals surface area contributed by atoms with Gasteiger partial charge in [0.15, 0.2) is 0 Å². The minimum Gasteiger partial charge on any atom is -0.347 e. The molecular weight excluding hydrogens is 230 g/mol. The highest BCUT2D eigenvalue weighted by Crippen LogP contribution is 2.27. The van der Waals surface area contributed by atoms with Crippen molar-refractivity contribution in [1.29, 1.82) is 0 Å². The summed E-state index contributed by atoms with van der Waals surface area (Å²) in [6.07, 6.45) is 3.29. The van der Waals surface area contributed by atoms with Crippen molar-refractivity contribution in [3.05, 3.63) is 5.82 Å². The van der Waals surface area contributed by atoms with E-state index in [0.29, 0.717) is 0 Å². The van der Waals surface area contributed by atoms with E-state index < -0.39 is 0 Å². The lowest BCUT2D eigenvalue weighted by atomic mass is 10.1. The molecule has 1 unspecified atom stereocenters. The van der Waals surface area contributed by atoms with Gasteiger partial charge in [-0.15, -0.1) is 11.6 Å². The molecule has 0 radical (unpaired) electrons. The molecule has 3 nitrogen and oxygen atoms in total. The minimum absolute atomic E-state index is 0.747. The molecule has 1 aromatic heterocycles. The van der Waals surface area contributed by atoms with Crippen molar-refractivity contribution in [2.24, 2.45) is 5.92 Å². The van der Waals surface area contributed by atoms with Gasteiger partial charge in [0.05, 0.1) is 0 Å². The molecular formula is C10H16ClN3S. The summed E-state index contributed by atoms with van der Waals surface area (Å²) in [5.74, 6) is 2.49. The molecule has 0 spiro atoms. The van der Waals surface area contributed by atoms with E-state index in [4.69, 9.17) is 11.6 Å². The standard InChI is InChI=1S/C10H16ClN3S/c1-2-9-12-10(15-13-9)14-6-4-8(7-14)3-5-11/h8H,2-7H2,1H3. The second-order valence-corrected chi connectivity index (χ2v) is 5.03. The molecule has 0 aliphatic carbocycles. The van der Waals surface area contributed by atoms with Crippen LogP contribution in [0, 0.1) is 5.92 Å². The van der Waals surface area contributed by atoms with E-state index >= 15 is 0 Å². The van der Waals surface area contributed by atoms with Gasteiger partial charge in [0.2, 0.25) is 5.13 Å². The van der Waals surface area contributed by atoms with Crippen LogP contribution in [0.5, 0.6) is 0 Å². The van der Waals surface area contributed by atoms with Crippen LogP contribution in [0.4, 0.5) is 5.13 Å². The van der Waals surface area contributed by atoms with Crippen molar-refractivity contribution in [2.45, 2.75) is 26.2 Å². The second-order valence-electron chi connectivity index (χ2n) is 3.93. The average Bonchev–Trinajstić information content (AvgIpc) is 2.85. The highest BCUT2D eigenvalue weighted by molar-refractivity contribution is 7.09. The molecule has 0 N–H and O–H groups in total. The van der Waals surface area contributed by atoms with Crippen LogP contribution in [-0.2, 0) is 6.42 Å². The van der Waals surface area contributed by atoms with Gasteiger partial charge in [0.25, 0.3) is 0 Å². The first kappa shape index (κ1) is 11.1. The zero-order valence-electron chi connectivity index (χ0n) is 8.95. The van der Waals surface area contributed by atoms with E-state index in [0.717, 1.165) is 48.7 Å². The first-order valence-corrected chi connectivity index (χ1v) is 6.77. The molecule has 1 aliphatic heterocycles. The van der Waals surface area contributed by atoms with Crippen LogP contribution in [0.1, 0.15) is 25.6 Å². The maximum absolute atomic E-state index is 5.76. The van der Waals surface area contributed by atoms with E-state index in [2.05, 4.69) is 21.2 Å². The maximum Gasteiger partial charge on any atom is 0.205 e. The lowest BCUT2D eigenvalue weighted by Crippen LogP contribution is -2.19. The van der Waals surface area contributed by atoms with E-state index in [1.165, 1.54) is 18.0 Å². The fourth-order valence-corrected chi connectivity index (χ4v) is 3.01. The third-order valence-corrected chi connectivity index (χ3v) is 3.88. The van der Waals surface area contributed by atoms with Crippen LogP contribution in [0.3, 0.4) is 0 Å². The third-order valence-electron chi connectivity index (χ3n) is 2.85.